The molecular formula is C17H20N2O3. The topological polar surface area (TPSA) is 73.6 Å². The van der Waals surface area contributed by atoms with Crippen LogP contribution in [0.1, 0.15) is 12.5 Å². The van der Waals surface area contributed by atoms with Crippen LogP contribution in [-0.2, 0) is 16.1 Å². The number of nitrogens with two attached hydrogens (primary N) is 1. The Morgan fingerprint density at radius 1 is 1.23 bits per heavy atom. The Morgan fingerprint density at radius 2 is 2.00 bits per heavy atom. The van der Waals surface area contributed by atoms with Crippen molar-refractivity contribution in [2.45, 2.75) is 19.6 Å². The first-order valence-electron chi connectivity index (χ1n) is 6.99. The zero-order chi connectivity index (χ0) is 15.9. The minimum atomic E-state index is -0.576. The minimum absolute atomic E-state index is 0.214. The van der Waals surface area contributed by atoms with E-state index in [2.05, 4.69) is 5.32 Å². The fourth-order valence-corrected chi connectivity index (χ4v) is 1.92. The molecule has 5 nitrogen and oxygen atoms in total. The lowest BCUT2D eigenvalue weighted by atomic mass is 10.2. The second-order valence-electron chi connectivity index (χ2n) is 4.92. The lowest BCUT2D eigenvalue weighted by Crippen LogP contribution is -2.27. The number of ether oxygens (including phenoxy) is 2. The van der Waals surface area contributed by atoms with E-state index in [0.29, 0.717) is 18.0 Å². The van der Waals surface area contributed by atoms with Gasteiger partial charge in [0.25, 0.3) is 5.91 Å². The molecule has 2 rings (SSSR count). The molecule has 0 radical (unpaired) electrons. The fourth-order valence-electron chi connectivity index (χ4n) is 1.92. The van der Waals surface area contributed by atoms with Crippen LogP contribution in [0.3, 0.4) is 0 Å². The van der Waals surface area contributed by atoms with Crippen molar-refractivity contribution in [2.24, 2.45) is 0 Å². The third kappa shape index (κ3) is 4.49. The van der Waals surface area contributed by atoms with Gasteiger partial charge in [0.1, 0.15) is 11.9 Å². The van der Waals surface area contributed by atoms with E-state index in [1.54, 1.807) is 38.3 Å². The first-order chi connectivity index (χ1) is 10.6. The lowest BCUT2D eigenvalue weighted by Gasteiger charge is -2.14. The molecule has 0 saturated heterocycles. The predicted molar refractivity (Wildman–Crippen MR) is 86.7 cm³/mol. The van der Waals surface area contributed by atoms with Gasteiger partial charge in [-0.3, -0.25) is 4.79 Å². The number of carbonyl (C=O) groups is 1. The average molecular weight is 300 g/mol. The van der Waals surface area contributed by atoms with Gasteiger partial charge in [0.15, 0.2) is 0 Å². The van der Waals surface area contributed by atoms with Crippen molar-refractivity contribution in [3.8, 4) is 5.75 Å². The normalized spacial score (nSPS) is 11.7. The van der Waals surface area contributed by atoms with Crippen molar-refractivity contribution in [3.05, 3.63) is 54.1 Å². The van der Waals surface area contributed by atoms with Crippen molar-refractivity contribution < 1.29 is 14.3 Å². The highest BCUT2D eigenvalue weighted by Crippen LogP contribution is 2.15. The first kappa shape index (κ1) is 15.9. The summed E-state index contributed by atoms with van der Waals surface area (Å²) in [5, 5.41) is 2.77. The Bertz CT molecular complexity index is 643. The van der Waals surface area contributed by atoms with Gasteiger partial charge in [0, 0.05) is 11.4 Å². The molecule has 0 aliphatic heterocycles. The standard InChI is InChI=1S/C17H20N2O3/c1-12(17(20)19-15-7-4-6-14(18)10-15)22-11-13-5-3-8-16(9-13)21-2/h3-10,12H,11,18H2,1-2H3,(H,19,20). The van der Waals surface area contributed by atoms with Gasteiger partial charge in [-0.05, 0) is 42.8 Å². The number of benzene rings is 2. The Labute approximate surface area is 130 Å². The number of anilines is 2. The Balaban J connectivity index is 1.88. The van der Waals surface area contributed by atoms with Crippen LogP contribution in [0.5, 0.6) is 5.75 Å². The molecule has 116 valence electrons. The van der Waals surface area contributed by atoms with Gasteiger partial charge in [-0.25, -0.2) is 0 Å². The number of hydrogen-bond acceptors (Lipinski definition) is 4. The molecule has 2 aromatic carbocycles. The van der Waals surface area contributed by atoms with Crippen LogP contribution in [0.2, 0.25) is 0 Å². The SMILES string of the molecule is COc1cccc(COC(C)C(=O)Nc2cccc(N)c2)c1. The van der Waals surface area contributed by atoms with E-state index in [0.717, 1.165) is 11.3 Å². The molecule has 22 heavy (non-hydrogen) atoms. The molecule has 1 unspecified atom stereocenters. The number of amides is 1. The number of hydrogen-bond donors (Lipinski definition) is 2. The molecule has 0 aliphatic rings. The molecule has 5 heteroatoms. The van der Waals surface area contributed by atoms with Gasteiger partial charge >= 0.3 is 0 Å². The molecule has 3 N–H and O–H groups in total. The summed E-state index contributed by atoms with van der Waals surface area (Å²) in [4.78, 5) is 12.1. The zero-order valence-electron chi connectivity index (χ0n) is 12.7. The summed E-state index contributed by atoms with van der Waals surface area (Å²) < 4.78 is 10.7. The van der Waals surface area contributed by atoms with Crippen molar-refractivity contribution in [1.29, 1.82) is 0 Å². The van der Waals surface area contributed by atoms with Crippen molar-refractivity contribution in [3.63, 3.8) is 0 Å². The van der Waals surface area contributed by atoms with Gasteiger partial charge in [0.2, 0.25) is 0 Å². The van der Waals surface area contributed by atoms with Crippen molar-refractivity contribution in [1.82, 2.24) is 0 Å². The Morgan fingerprint density at radius 3 is 2.73 bits per heavy atom. The highest BCUT2D eigenvalue weighted by Gasteiger charge is 2.13. The van der Waals surface area contributed by atoms with E-state index >= 15 is 0 Å². The number of rotatable bonds is 6. The summed E-state index contributed by atoms with van der Waals surface area (Å²) in [6, 6.07) is 14.6. The lowest BCUT2D eigenvalue weighted by molar-refractivity contribution is -0.127. The molecule has 2 aromatic rings. The molecule has 0 spiro atoms. The van der Waals surface area contributed by atoms with Crippen LogP contribution in [-0.4, -0.2) is 19.1 Å². The summed E-state index contributed by atoms with van der Waals surface area (Å²) in [5.74, 6) is 0.548. The van der Waals surface area contributed by atoms with Crippen LogP contribution in [0, 0.1) is 0 Å². The molecular weight excluding hydrogens is 280 g/mol. The van der Waals surface area contributed by atoms with Crippen LogP contribution in [0.25, 0.3) is 0 Å². The van der Waals surface area contributed by atoms with Gasteiger partial charge < -0.3 is 20.5 Å². The predicted octanol–water partition coefficient (Wildman–Crippen LogP) is 2.82. The van der Waals surface area contributed by atoms with Gasteiger partial charge in [0.05, 0.1) is 13.7 Å². The minimum Gasteiger partial charge on any atom is -0.497 e. The molecule has 0 fully saturated rings. The van der Waals surface area contributed by atoms with Crippen LogP contribution in [0.15, 0.2) is 48.5 Å². The number of nitrogens with one attached hydrogen (secondary N) is 1. The summed E-state index contributed by atoms with van der Waals surface area (Å²) in [7, 11) is 1.61. The molecule has 0 aliphatic carbocycles. The van der Waals surface area contributed by atoms with E-state index in [1.165, 1.54) is 0 Å². The maximum Gasteiger partial charge on any atom is 0.253 e. The Kier molecular flexibility index (Phi) is 5.38. The molecule has 0 bridgehead atoms. The summed E-state index contributed by atoms with van der Waals surface area (Å²) in [6.45, 7) is 2.05. The smallest absolute Gasteiger partial charge is 0.253 e. The van der Waals surface area contributed by atoms with E-state index in [9.17, 15) is 4.79 Å². The second-order valence-corrected chi connectivity index (χ2v) is 4.92. The van der Waals surface area contributed by atoms with Crippen molar-refractivity contribution in [2.75, 3.05) is 18.2 Å². The number of nitrogen functional groups attached to an aromatic ring is 1. The molecule has 0 heterocycles. The highest BCUT2D eigenvalue weighted by molar-refractivity contribution is 5.94. The first-order valence-corrected chi connectivity index (χ1v) is 6.99. The summed E-state index contributed by atoms with van der Waals surface area (Å²) >= 11 is 0. The third-order valence-corrected chi connectivity index (χ3v) is 3.16. The highest BCUT2D eigenvalue weighted by atomic mass is 16.5. The van der Waals surface area contributed by atoms with Crippen LogP contribution in [0.4, 0.5) is 11.4 Å². The van der Waals surface area contributed by atoms with E-state index in [1.807, 2.05) is 24.3 Å². The number of methoxy groups -OCH3 is 1. The van der Waals surface area contributed by atoms with Crippen molar-refractivity contribution >= 4 is 17.3 Å². The van der Waals surface area contributed by atoms with Crippen LogP contribution < -0.4 is 15.8 Å². The average Bonchev–Trinajstić information content (AvgIpc) is 2.52. The summed E-state index contributed by atoms with van der Waals surface area (Å²) in [5.41, 5.74) is 7.88. The third-order valence-electron chi connectivity index (χ3n) is 3.16. The fraction of sp³-hybridized carbons (Fsp3) is 0.235. The maximum absolute atomic E-state index is 12.1. The molecule has 1 atom stereocenters. The van der Waals surface area contributed by atoms with Gasteiger partial charge in [-0.15, -0.1) is 0 Å². The molecule has 0 aromatic heterocycles. The summed E-state index contributed by atoms with van der Waals surface area (Å²) in [6.07, 6.45) is -0.576. The molecule has 0 saturated carbocycles. The van der Waals surface area contributed by atoms with Gasteiger partial charge in [-0.2, -0.15) is 0 Å². The monoisotopic (exact) mass is 300 g/mol. The molecule has 1 amide bonds. The van der Waals surface area contributed by atoms with Gasteiger partial charge in [-0.1, -0.05) is 18.2 Å². The van der Waals surface area contributed by atoms with E-state index < -0.39 is 6.10 Å². The number of carbonyl (C=O) groups excluding carboxylic acids is 1. The zero-order valence-corrected chi connectivity index (χ0v) is 12.7. The maximum atomic E-state index is 12.1. The van der Waals surface area contributed by atoms with Crippen LogP contribution >= 0.6 is 0 Å². The van der Waals surface area contributed by atoms with E-state index in [-0.39, 0.29) is 5.91 Å². The quantitative estimate of drug-likeness (QED) is 0.805. The second kappa shape index (κ2) is 7.47. The Hall–Kier alpha value is -2.53. The largest absolute Gasteiger partial charge is 0.497 e. The van der Waals surface area contributed by atoms with E-state index in [4.69, 9.17) is 15.2 Å².